The third kappa shape index (κ3) is 3.98. The molecular formula is C18H23Cl2NO3S2. The van der Waals surface area contributed by atoms with E-state index in [4.69, 9.17) is 23.2 Å². The highest BCUT2D eigenvalue weighted by Gasteiger charge is 2.62. The molecule has 1 amide bonds. The zero-order valence-electron chi connectivity index (χ0n) is 15.0. The Morgan fingerprint density at radius 1 is 1.42 bits per heavy atom. The Balaban J connectivity index is 1.87. The number of sulfone groups is 1. The van der Waals surface area contributed by atoms with Crippen LogP contribution in [0.15, 0.2) is 22.0 Å². The van der Waals surface area contributed by atoms with E-state index in [1.54, 1.807) is 22.3 Å². The van der Waals surface area contributed by atoms with E-state index in [1.807, 2.05) is 32.2 Å². The lowest BCUT2D eigenvalue weighted by atomic mass is 10.1. The maximum atomic E-state index is 13.4. The molecule has 0 radical (unpaired) electrons. The fourth-order valence-corrected chi connectivity index (χ4v) is 6.81. The number of hydrogen-bond donors (Lipinski definition) is 0. The van der Waals surface area contributed by atoms with Gasteiger partial charge in [-0.3, -0.25) is 4.79 Å². The maximum absolute atomic E-state index is 13.4. The zero-order chi connectivity index (χ0) is 19.3. The smallest absolute Gasteiger partial charge is 0.227 e. The first-order chi connectivity index (χ1) is 12.0. The lowest BCUT2D eigenvalue weighted by Crippen LogP contribution is -2.42. The molecule has 0 unspecified atom stereocenters. The van der Waals surface area contributed by atoms with Gasteiger partial charge in [0.2, 0.25) is 5.91 Å². The van der Waals surface area contributed by atoms with Gasteiger partial charge in [0.15, 0.2) is 9.84 Å². The molecule has 2 aliphatic rings. The first-order valence-electron chi connectivity index (χ1n) is 8.59. The van der Waals surface area contributed by atoms with Crippen molar-refractivity contribution >= 4 is 50.3 Å². The fourth-order valence-electron chi connectivity index (χ4n) is 3.90. The average molecular weight is 436 g/mol. The topological polar surface area (TPSA) is 54.5 Å². The van der Waals surface area contributed by atoms with E-state index in [0.717, 1.165) is 10.4 Å². The molecule has 0 bridgehead atoms. The van der Waals surface area contributed by atoms with Crippen LogP contribution in [0.1, 0.15) is 30.7 Å². The first-order valence-corrected chi connectivity index (χ1v) is 12.1. The van der Waals surface area contributed by atoms with Crippen LogP contribution < -0.4 is 0 Å². The highest BCUT2D eigenvalue weighted by molar-refractivity contribution is 7.91. The Kier molecular flexibility index (Phi) is 5.52. The van der Waals surface area contributed by atoms with Gasteiger partial charge in [0.25, 0.3) is 0 Å². The molecule has 1 saturated carbocycles. The Bertz CT molecular complexity index is 840. The van der Waals surface area contributed by atoms with E-state index < -0.39 is 9.84 Å². The summed E-state index contributed by atoms with van der Waals surface area (Å²) in [6.07, 6.45) is 2.23. The summed E-state index contributed by atoms with van der Waals surface area (Å²) >= 11 is 13.2. The van der Waals surface area contributed by atoms with Crippen molar-refractivity contribution in [2.24, 2.45) is 17.3 Å². The fraction of sp³-hybridized carbons (Fsp3) is 0.611. The number of halogens is 2. The van der Waals surface area contributed by atoms with Crippen LogP contribution in [0.3, 0.4) is 0 Å². The molecule has 3 atom stereocenters. The number of nitrogens with zero attached hydrogens (tertiary/aromatic N) is 1. The van der Waals surface area contributed by atoms with E-state index in [9.17, 15) is 13.2 Å². The van der Waals surface area contributed by atoms with Crippen LogP contribution in [0.5, 0.6) is 0 Å². The molecule has 3 rings (SSSR count). The summed E-state index contributed by atoms with van der Waals surface area (Å²) in [6, 6.07) is 1.76. The molecule has 0 N–H and O–H groups in total. The van der Waals surface area contributed by atoms with E-state index in [1.165, 1.54) is 0 Å². The molecule has 8 heteroatoms. The van der Waals surface area contributed by atoms with Crippen molar-refractivity contribution in [2.45, 2.75) is 39.8 Å². The number of thiophene rings is 1. The van der Waals surface area contributed by atoms with E-state index in [2.05, 4.69) is 0 Å². The lowest BCUT2D eigenvalue weighted by molar-refractivity contribution is -0.136. The number of rotatable bonds is 5. The molecule has 1 aliphatic carbocycles. The van der Waals surface area contributed by atoms with Crippen LogP contribution in [0.2, 0.25) is 0 Å². The van der Waals surface area contributed by atoms with Crippen molar-refractivity contribution in [2.75, 3.05) is 11.5 Å². The number of carbonyl (C=O) groups excluding carboxylic acids is 1. The molecule has 1 aromatic rings. The van der Waals surface area contributed by atoms with Crippen LogP contribution >= 0.6 is 34.5 Å². The van der Waals surface area contributed by atoms with E-state index >= 15 is 0 Å². The van der Waals surface area contributed by atoms with Crippen molar-refractivity contribution in [1.29, 1.82) is 0 Å². The summed E-state index contributed by atoms with van der Waals surface area (Å²) in [7, 11) is -3.07. The third-order valence-corrected chi connectivity index (χ3v) is 8.71. The summed E-state index contributed by atoms with van der Waals surface area (Å²) < 4.78 is 24.1. The Hall–Kier alpha value is -0.560. The van der Waals surface area contributed by atoms with Gasteiger partial charge in [0, 0.05) is 10.9 Å². The molecule has 0 spiro atoms. The quantitative estimate of drug-likeness (QED) is 0.697. The van der Waals surface area contributed by atoms with Gasteiger partial charge in [-0.1, -0.05) is 37.0 Å². The van der Waals surface area contributed by atoms with Crippen molar-refractivity contribution in [1.82, 2.24) is 4.90 Å². The Morgan fingerprint density at radius 2 is 2.12 bits per heavy atom. The van der Waals surface area contributed by atoms with Crippen LogP contribution in [0.4, 0.5) is 0 Å². The summed E-state index contributed by atoms with van der Waals surface area (Å²) in [6.45, 7) is 6.51. The van der Waals surface area contributed by atoms with Gasteiger partial charge >= 0.3 is 0 Å². The van der Waals surface area contributed by atoms with Crippen LogP contribution in [-0.2, 0) is 21.2 Å². The molecule has 1 saturated heterocycles. The molecule has 2 fully saturated rings. The molecule has 1 aliphatic heterocycles. The molecule has 144 valence electrons. The highest BCUT2D eigenvalue weighted by atomic mass is 35.5. The van der Waals surface area contributed by atoms with Gasteiger partial charge in [-0.2, -0.15) is 0 Å². The minimum atomic E-state index is -3.07. The van der Waals surface area contributed by atoms with E-state index in [-0.39, 0.29) is 45.2 Å². The summed E-state index contributed by atoms with van der Waals surface area (Å²) in [4.78, 5) is 16.3. The molecule has 1 aromatic heterocycles. The number of carbonyl (C=O) groups is 1. The highest BCUT2D eigenvalue weighted by Crippen LogP contribution is 2.60. The maximum Gasteiger partial charge on any atom is 0.227 e. The molecule has 26 heavy (non-hydrogen) atoms. The molecular weight excluding hydrogens is 413 g/mol. The van der Waals surface area contributed by atoms with Crippen LogP contribution in [-0.4, -0.2) is 36.8 Å². The second-order valence-electron chi connectivity index (χ2n) is 7.83. The second kappa shape index (κ2) is 7.12. The summed E-state index contributed by atoms with van der Waals surface area (Å²) in [5.74, 6) is -0.0488. The standard InChI is InChI=1S/C18H23Cl2NO3S2/c1-11-4-6-25-14(11)9-21(12-5-7-26(23,24)10-12)17(22)16-13(8-15(19)20)18(16,2)3/h4,6,8,12-13,16H,5,7,9-10H2,1-3H3/t12-,13+,16+/m1/s1. The largest absolute Gasteiger partial charge is 0.333 e. The van der Waals surface area contributed by atoms with Gasteiger partial charge in [0.05, 0.1) is 24.0 Å². The predicted molar refractivity (Wildman–Crippen MR) is 107 cm³/mol. The van der Waals surface area contributed by atoms with Crippen molar-refractivity contribution in [3.63, 3.8) is 0 Å². The van der Waals surface area contributed by atoms with E-state index in [0.29, 0.717) is 13.0 Å². The van der Waals surface area contributed by atoms with Gasteiger partial charge in [-0.15, -0.1) is 11.3 Å². The van der Waals surface area contributed by atoms with Gasteiger partial charge < -0.3 is 4.90 Å². The van der Waals surface area contributed by atoms with Gasteiger partial charge in [-0.25, -0.2) is 8.42 Å². The summed E-state index contributed by atoms with van der Waals surface area (Å²) in [5.41, 5.74) is 0.899. The monoisotopic (exact) mass is 435 g/mol. The number of aryl methyl sites for hydroxylation is 1. The number of hydrogen-bond acceptors (Lipinski definition) is 4. The van der Waals surface area contributed by atoms with Crippen molar-refractivity contribution in [3.8, 4) is 0 Å². The predicted octanol–water partition coefficient (Wildman–Crippen LogP) is 4.16. The van der Waals surface area contributed by atoms with Crippen LogP contribution in [0.25, 0.3) is 0 Å². The first kappa shape index (κ1) is 20.2. The Morgan fingerprint density at radius 3 is 2.62 bits per heavy atom. The van der Waals surface area contributed by atoms with Crippen molar-refractivity contribution < 1.29 is 13.2 Å². The third-order valence-electron chi connectivity index (χ3n) is 5.70. The summed E-state index contributed by atoms with van der Waals surface area (Å²) in [5, 5.41) is 2.00. The zero-order valence-corrected chi connectivity index (χ0v) is 18.2. The molecule has 0 aromatic carbocycles. The Labute approximate surface area is 169 Å². The van der Waals surface area contributed by atoms with Crippen molar-refractivity contribution in [3.05, 3.63) is 32.5 Å². The molecule has 4 nitrogen and oxygen atoms in total. The lowest BCUT2D eigenvalue weighted by Gasteiger charge is -2.29. The normalized spacial score (nSPS) is 28.6. The molecule has 2 heterocycles. The minimum absolute atomic E-state index is 0.000679. The average Bonchev–Trinajstić information content (AvgIpc) is 2.83. The SMILES string of the molecule is Cc1ccsc1CN(C(=O)[C@@H]1[C@H](C=C(Cl)Cl)C1(C)C)[C@@H]1CCS(=O)(=O)C1. The van der Waals surface area contributed by atoms with Gasteiger partial charge in [-0.05, 0) is 47.8 Å². The van der Waals surface area contributed by atoms with Crippen LogP contribution in [0, 0.1) is 24.2 Å². The number of allylic oxidation sites excluding steroid dienone is 1. The second-order valence-corrected chi connectivity index (χ2v) is 12.1. The van der Waals surface area contributed by atoms with Gasteiger partial charge in [0.1, 0.15) is 4.49 Å². The number of amides is 1. The minimum Gasteiger partial charge on any atom is -0.333 e.